The van der Waals surface area contributed by atoms with Gasteiger partial charge in [0.2, 0.25) is 11.8 Å². The van der Waals surface area contributed by atoms with E-state index in [0.29, 0.717) is 13.0 Å². The van der Waals surface area contributed by atoms with E-state index in [-0.39, 0.29) is 24.3 Å². The van der Waals surface area contributed by atoms with Crippen molar-refractivity contribution in [2.45, 2.75) is 36.2 Å². The molecule has 0 unspecified atom stereocenters. The molecule has 2 atom stereocenters. The van der Waals surface area contributed by atoms with Gasteiger partial charge in [-0.25, -0.2) is 4.98 Å². The normalized spacial score (nSPS) is 21.6. The fraction of sp³-hybridized carbons (Fsp3) is 0.615. The Balaban J connectivity index is 2.02. The van der Waals surface area contributed by atoms with Crippen LogP contribution in [-0.2, 0) is 16.0 Å². The zero-order valence-electron chi connectivity index (χ0n) is 12.2. The van der Waals surface area contributed by atoms with E-state index >= 15 is 0 Å². The molecule has 1 aliphatic heterocycles. The molecule has 0 spiro atoms. The Morgan fingerprint density at radius 3 is 3.05 bits per heavy atom. The first-order chi connectivity index (χ1) is 10.0. The van der Waals surface area contributed by atoms with Gasteiger partial charge < -0.3 is 16.0 Å². The lowest BCUT2D eigenvalue weighted by atomic mass is 10.1. The number of amides is 2. The predicted molar refractivity (Wildman–Crippen MR) is 84.4 cm³/mol. The van der Waals surface area contributed by atoms with Gasteiger partial charge in [0.1, 0.15) is 10.4 Å². The minimum atomic E-state index is -0.458. The molecule has 0 aromatic carbocycles. The van der Waals surface area contributed by atoms with E-state index in [0.717, 1.165) is 15.8 Å². The lowest BCUT2D eigenvalue weighted by Gasteiger charge is -2.22. The third-order valence-corrected chi connectivity index (χ3v) is 5.29. The number of carbonyl (C=O) groups is 2. The topological polar surface area (TPSA) is 88.3 Å². The van der Waals surface area contributed by atoms with Crippen molar-refractivity contribution in [2.24, 2.45) is 5.73 Å². The van der Waals surface area contributed by atoms with Crippen LogP contribution in [0, 0.1) is 0 Å². The van der Waals surface area contributed by atoms with Crippen LogP contribution < -0.4 is 11.1 Å². The SMILES string of the molecule is CCSc1nc(CC(=O)N2C[C@H](N)C[C@H]2C(=O)NC)cs1. The average Bonchev–Trinajstić information content (AvgIpc) is 3.05. The highest BCUT2D eigenvalue weighted by atomic mass is 32.2. The second-order valence-electron chi connectivity index (χ2n) is 4.89. The number of thioether (sulfide) groups is 1. The maximum Gasteiger partial charge on any atom is 0.242 e. The maximum atomic E-state index is 12.4. The quantitative estimate of drug-likeness (QED) is 0.767. The third-order valence-electron chi connectivity index (χ3n) is 3.33. The number of aromatic nitrogens is 1. The molecule has 0 aliphatic carbocycles. The van der Waals surface area contributed by atoms with Gasteiger partial charge in [0.05, 0.1) is 12.1 Å². The van der Waals surface area contributed by atoms with E-state index < -0.39 is 6.04 Å². The average molecular weight is 328 g/mol. The predicted octanol–water partition coefficient (Wildman–Crippen LogP) is 0.472. The van der Waals surface area contributed by atoms with Gasteiger partial charge in [-0.05, 0) is 12.2 Å². The zero-order valence-corrected chi connectivity index (χ0v) is 13.8. The molecular formula is C13H20N4O2S2. The molecule has 21 heavy (non-hydrogen) atoms. The van der Waals surface area contributed by atoms with Crippen molar-refractivity contribution in [3.63, 3.8) is 0 Å². The summed E-state index contributed by atoms with van der Waals surface area (Å²) in [5.41, 5.74) is 6.65. The van der Waals surface area contributed by atoms with Crippen LogP contribution in [0.25, 0.3) is 0 Å². The number of likely N-dealkylation sites (N-methyl/N-ethyl adjacent to an activating group) is 1. The summed E-state index contributed by atoms with van der Waals surface area (Å²) in [4.78, 5) is 30.2. The number of hydrogen-bond acceptors (Lipinski definition) is 6. The van der Waals surface area contributed by atoms with Gasteiger partial charge >= 0.3 is 0 Å². The Labute approximate surface area is 132 Å². The van der Waals surface area contributed by atoms with Gasteiger partial charge in [0, 0.05) is 25.0 Å². The Bertz CT molecular complexity index is 520. The molecule has 8 heteroatoms. The van der Waals surface area contributed by atoms with E-state index in [1.54, 1.807) is 35.0 Å². The summed E-state index contributed by atoms with van der Waals surface area (Å²) in [5.74, 6) is 0.715. The number of nitrogens with one attached hydrogen (secondary N) is 1. The van der Waals surface area contributed by atoms with Gasteiger partial charge in [-0.1, -0.05) is 18.7 Å². The highest BCUT2D eigenvalue weighted by Gasteiger charge is 2.37. The first-order valence-electron chi connectivity index (χ1n) is 6.89. The molecule has 1 aromatic rings. The minimum Gasteiger partial charge on any atom is -0.357 e. The van der Waals surface area contributed by atoms with Crippen LogP contribution in [0.15, 0.2) is 9.72 Å². The Hall–Kier alpha value is -1.12. The van der Waals surface area contributed by atoms with Crippen molar-refractivity contribution in [1.29, 1.82) is 0 Å². The van der Waals surface area contributed by atoms with Crippen molar-refractivity contribution in [1.82, 2.24) is 15.2 Å². The highest BCUT2D eigenvalue weighted by molar-refractivity contribution is 8.00. The van der Waals surface area contributed by atoms with Crippen LogP contribution in [0.4, 0.5) is 0 Å². The second-order valence-corrected chi connectivity index (χ2v) is 7.26. The summed E-state index contributed by atoms with van der Waals surface area (Å²) in [5, 5.41) is 4.50. The largest absolute Gasteiger partial charge is 0.357 e. The molecule has 3 N–H and O–H groups in total. The molecular weight excluding hydrogens is 308 g/mol. The second kappa shape index (κ2) is 7.24. The standard InChI is InChI=1S/C13H20N4O2S2/c1-3-20-13-16-9(7-21-13)5-11(18)17-6-8(14)4-10(17)12(19)15-2/h7-8,10H,3-6,14H2,1-2H3,(H,15,19)/t8-,10+/m1/s1. The van der Waals surface area contributed by atoms with Crippen LogP contribution in [0.2, 0.25) is 0 Å². The Morgan fingerprint density at radius 2 is 2.38 bits per heavy atom. The van der Waals surface area contributed by atoms with Crippen LogP contribution >= 0.6 is 23.1 Å². The number of thiazole rings is 1. The Morgan fingerprint density at radius 1 is 1.62 bits per heavy atom. The number of rotatable bonds is 5. The summed E-state index contributed by atoms with van der Waals surface area (Å²) in [7, 11) is 1.57. The summed E-state index contributed by atoms with van der Waals surface area (Å²) in [6, 6.07) is -0.599. The summed E-state index contributed by atoms with van der Waals surface area (Å²) < 4.78 is 0.973. The van der Waals surface area contributed by atoms with E-state index in [4.69, 9.17) is 5.73 Å². The molecule has 1 fully saturated rings. The van der Waals surface area contributed by atoms with Gasteiger partial charge in [-0.3, -0.25) is 9.59 Å². The van der Waals surface area contributed by atoms with Crippen LogP contribution in [-0.4, -0.2) is 53.1 Å². The van der Waals surface area contributed by atoms with Crippen molar-refractivity contribution < 1.29 is 9.59 Å². The van der Waals surface area contributed by atoms with Gasteiger partial charge in [0.25, 0.3) is 0 Å². The molecule has 0 bridgehead atoms. The van der Waals surface area contributed by atoms with Crippen LogP contribution in [0.5, 0.6) is 0 Å². The lowest BCUT2D eigenvalue weighted by Crippen LogP contribution is -2.45. The van der Waals surface area contributed by atoms with Crippen molar-refractivity contribution in [3.8, 4) is 0 Å². The molecule has 1 saturated heterocycles. The zero-order chi connectivity index (χ0) is 15.4. The number of carbonyl (C=O) groups excluding carboxylic acids is 2. The summed E-state index contributed by atoms with van der Waals surface area (Å²) >= 11 is 3.21. The summed E-state index contributed by atoms with van der Waals surface area (Å²) in [6.45, 7) is 2.49. The van der Waals surface area contributed by atoms with Gasteiger partial charge in [0.15, 0.2) is 0 Å². The van der Waals surface area contributed by atoms with E-state index in [9.17, 15) is 9.59 Å². The number of likely N-dealkylation sites (tertiary alicyclic amines) is 1. The van der Waals surface area contributed by atoms with Crippen molar-refractivity contribution in [2.75, 3.05) is 19.3 Å². The van der Waals surface area contributed by atoms with Gasteiger partial charge in [-0.2, -0.15) is 0 Å². The van der Waals surface area contributed by atoms with Crippen LogP contribution in [0.1, 0.15) is 19.0 Å². The van der Waals surface area contributed by atoms with Crippen LogP contribution in [0.3, 0.4) is 0 Å². The Kier molecular flexibility index (Phi) is 5.60. The smallest absolute Gasteiger partial charge is 0.242 e. The number of nitrogens with zero attached hydrogens (tertiary/aromatic N) is 2. The molecule has 2 rings (SSSR count). The highest BCUT2D eigenvalue weighted by Crippen LogP contribution is 2.23. The molecule has 1 aliphatic rings. The van der Waals surface area contributed by atoms with E-state index in [1.165, 1.54) is 0 Å². The number of hydrogen-bond donors (Lipinski definition) is 2. The molecule has 116 valence electrons. The minimum absolute atomic E-state index is 0.0881. The van der Waals surface area contributed by atoms with Gasteiger partial charge in [-0.15, -0.1) is 11.3 Å². The molecule has 2 heterocycles. The molecule has 0 radical (unpaired) electrons. The fourth-order valence-electron chi connectivity index (χ4n) is 2.38. The fourth-order valence-corrected chi connectivity index (χ4v) is 4.12. The first-order valence-corrected chi connectivity index (χ1v) is 8.75. The molecule has 2 amide bonds. The van der Waals surface area contributed by atoms with E-state index in [2.05, 4.69) is 17.2 Å². The van der Waals surface area contributed by atoms with E-state index in [1.807, 2.05) is 5.38 Å². The van der Waals surface area contributed by atoms with Crippen molar-refractivity contribution >= 4 is 34.9 Å². The molecule has 6 nitrogen and oxygen atoms in total. The monoisotopic (exact) mass is 328 g/mol. The first kappa shape index (κ1) is 16.3. The summed E-state index contributed by atoms with van der Waals surface area (Å²) in [6.07, 6.45) is 0.737. The third kappa shape index (κ3) is 3.96. The number of nitrogens with two attached hydrogens (primary N) is 1. The van der Waals surface area contributed by atoms with Crippen molar-refractivity contribution in [3.05, 3.63) is 11.1 Å². The molecule has 0 saturated carbocycles. The lowest BCUT2D eigenvalue weighted by molar-refractivity contribution is -0.137. The maximum absolute atomic E-state index is 12.4. The molecule has 1 aromatic heterocycles.